The first-order valence-corrected chi connectivity index (χ1v) is 6.44. The summed E-state index contributed by atoms with van der Waals surface area (Å²) >= 11 is 0. The Balaban J connectivity index is 2.02. The van der Waals surface area contributed by atoms with Gasteiger partial charge in [-0.15, -0.1) is 0 Å². The molecule has 5 unspecified atom stereocenters. The number of hydrogen-bond acceptors (Lipinski definition) is 1. The summed E-state index contributed by atoms with van der Waals surface area (Å²) in [4.78, 5) is 0. The van der Waals surface area contributed by atoms with Gasteiger partial charge in [0.25, 0.3) is 0 Å². The van der Waals surface area contributed by atoms with E-state index in [-0.39, 0.29) is 0 Å². The lowest BCUT2D eigenvalue weighted by molar-refractivity contribution is 0.0711. The topological polar surface area (TPSA) is 12.0 Å². The molecule has 0 radical (unpaired) electrons. The summed E-state index contributed by atoms with van der Waals surface area (Å²) in [5, 5.41) is 3.71. The van der Waals surface area contributed by atoms with Gasteiger partial charge in [0.15, 0.2) is 0 Å². The molecule has 0 heterocycles. The zero-order valence-corrected chi connectivity index (χ0v) is 9.92. The van der Waals surface area contributed by atoms with Crippen LogP contribution in [0.1, 0.15) is 46.5 Å². The zero-order chi connectivity index (χ0) is 10.1. The van der Waals surface area contributed by atoms with Crippen molar-refractivity contribution >= 4 is 0 Å². The van der Waals surface area contributed by atoms with Crippen LogP contribution in [0.4, 0.5) is 0 Å². The van der Waals surface area contributed by atoms with Crippen molar-refractivity contribution in [3.05, 3.63) is 0 Å². The molecule has 5 atom stereocenters. The fourth-order valence-electron chi connectivity index (χ4n) is 4.03. The van der Waals surface area contributed by atoms with Gasteiger partial charge in [-0.25, -0.2) is 0 Å². The second-order valence-corrected chi connectivity index (χ2v) is 5.73. The van der Waals surface area contributed by atoms with E-state index in [4.69, 9.17) is 0 Å². The number of rotatable bonds is 2. The van der Waals surface area contributed by atoms with Crippen molar-refractivity contribution in [1.82, 2.24) is 5.32 Å². The van der Waals surface area contributed by atoms with Crippen molar-refractivity contribution in [3.63, 3.8) is 0 Å². The van der Waals surface area contributed by atoms with E-state index in [1.165, 1.54) is 25.7 Å². The van der Waals surface area contributed by atoms with Gasteiger partial charge in [-0.2, -0.15) is 0 Å². The molecule has 2 rings (SSSR count). The summed E-state index contributed by atoms with van der Waals surface area (Å²) < 4.78 is 0. The van der Waals surface area contributed by atoms with E-state index < -0.39 is 0 Å². The normalized spacial score (nSPS) is 47.8. The molecule has 0 aliphatic heterocycles. The van der Waals surface area contributed by atoms with Crippen LogP contribution in [0.2, 0.25) is 0 Å². The number of hydrogen-bond donors (Lipinski definition) is 1. The Morgan fingerprint density at radius 2 is 1.86 bits per heavy atom. The molecule has 0 aromatic heterocycles. The lowest BCUT2D eigenvalue weighted by Crippen LogP contribution is -2.48. The van der Waals surface area contributed by atoms with Crippen LogP contribution in [0.3, 0.4) is 0 Å². The molecule has 1 N–H and O–H groups in total. The second kappa shape index (κ2) is 4.22. The van der Waals surface area contributed by atoms with E-state index in [1.807, 2.05) is 0 Å². The van der Waals surface area contributed by atoms with Gasteiger partial charge < -0.3 is 5.32 Å². The average Bonchev–Trinajstić information content (AvgIpc) is 2.11. The third kappa shape index (κ3) is 1.98. The smallest absolute Gasteiger partial charge is 0.0121 e. The number of nitrogens with one attached hydrogen (secondary N) is 1. The van der Waals surface area contributed by atoms with E-state index in [0.29, 0.717) is 0 Å². The van der Waals surface area contributed by atoms with Crippen molar-refractivity contribution in [3.8, 4) is 0 Å². The molecular weight excluding hydrogens is 170 g/mol. The SMILES string of the molecule is CCNC1C(C)CC2CC(C)CC1C2. The minimum atomic E-state index is 0.819. The summed E-state index contributed by atoms with van der Waals surface area (Å²) in [6, 6.07) is 0.819. The van der Waals surface area contributed by atoms with Crippen LogP contribution < -0.4 is 5.32 Å². The van der Waals surface area contributed by atoms with Gasteiger partial charge in [0.1, 0.15) is 0 Å². The monoisotopic (exact) mass is 195 g/mol. The Hall–Kier alpha value is -0.0400. The van der Waals surface area contributed by atoms with Gasteiger partial charge in [-0.1, -0.05) is 20.8 Å². The predicted molar refractivity (Wildman–Crippen MR) is 61.2 cm³/mol. The van der Waals surface area contributed by atoms with E-state index in [0.717, 1.165) is 36.3 Å². The molecule has 14 heavy (non-hydrogen) atoms. The minimum absolute atomic E-state index is 0.819. The molecule has 2 saturated carbocycles. The molecule has 2 aliphatic carbocycles. The third-order valence-electron chi connectivity index (χ3n) is 4.34. The maximum absolute atomic E-state index is 3.71. The summed E-state index contributed by atoms with van der Waals surface area (Å²) in [5.41, 5.74) is 0. The quantitative estimate of drug-likeness (QED) is 0.714. The average molecular weight is 195 g/mol. The maximum Gasteiger partial charge on any atom is 0.0121 e. The van der Waals surface area contributed by atoms with Crippen molar-refractivity contribution < 1.29 is 0 Å². The fraction of sp³-hybridized carbons (Fsp3) is 1.00. The second-order valence-electron chi connectivity index (χ2n) is 5.73. The highest BCUT2D eigenvalue weighted by molar-refractivity contribution is 4.93. The molecule has 2 bridgehead atoms. The highest BCUT2D eigenvalue weighted by Gasteiger charge is 2.39. The Labute approximate surface area is 88.7 Å². The Bertz CT molecular complexity index is 186. The summed E-state index contributed by atoms with van der Waals surface area (Å²) in [5.74, 6) is 3.92. The Morgan fingerprint density at radius 3 is 2.57 bits per heavy atom. The molecular formula is C13H25N. The minimum Gasteiger partial charge on any atom is -0.314 e. The van der Waals surface area contributed by atoms with E-state index in [9.17, 15) is 0 Å². The third-order valence-corrected chi connectivity index (χ3v) is 4.34. The molecule has 2 aliphatic rings. The van der Waals surface area contributed by atoms with Crippen LogP contribution in [0, 0.1) is 23.7 Å². The van der Waals surface area contributed by atoms with Crippen molar-refractivity contribution in [2.45, 2.75) is 52.5 Å². The van der Waals surface area contributed by atoms with Gasteiger partial charge in [0, 0.05) is 6.04 Å². The summed E-state index contributed by atoms with van der Waals surface area (Å²) in [7, 11) is 0. The highest BCUT2D eigenvalue weighted by atomic mass is 14.9. The molecule has 2 fully saturated rings. The molecule has 0 aromatic carbocycles. The first-order chi connectivity index (χ1) is 6.70. The van der Waals surface area contributed by atoms with Crippen molar-refractivity contribution in [1.29, 1.82) is 0 Å². The summed E-state index contributed by atoms with van der Waals surface area (Å²) in [6.45, 7) is 8.27. The van der Waals surface area contributed by atoms with Crippen molar-refractivity contribution in [2.24, 2.45) is 23.7 Å². The van der Waals surface area contributed by atoms with Crippen LogP contribution in [-0.2, 0) is 0 Å². The Morgan fingerprint density at radius 1 is 1.07 bits per heavy atom. The van der Waals surface area contributed by atoms with Crippen LogP contribution in [0.5, 0.6) is 0 Å². The molecule has 82 valence electrons. The van der Waals surface area contributed by atoms with Crippen LogP contribution in [-0.4, -0.2) is 12.6 Å². The van der Waals surface area contributed by atoms with Crippen LogP contribution in [0.15, 0.2) is 0 Å². The molecule has 0 saturated heterocycles. The van der Waals surface area contributed by atoms with Gasteiger partial charge in [-0.3, -0.25) is 0 Å². The highest BCUT2D eigenvalue weighted by Crippen LogP contribution is 2.44. The van der Waals surface area contributed by atoms with Crippen LogP contribution in [0.25, 0.3) is 0 Å². The largest absolute Gasteiger partial charge is 0.314 e. The predicted octanol–water partition coefficient (Wildman–Crippen LogP) is 3.06. The van der Waals surface area contributed by atoms with Gasteiger partial charge in [-0.05, 0) is 55.9 Å². The molecule has 0 amide bonds. The fourth-order valence-corrected chi connectivity index (χ4v) is 4.03. The van der Waals surface area contributed by atoms with E-state index >= 15 is 0 Å². The summed E-state index contributed by atoms with van der Waals surface area (Å²) in [6.07, 6.45) is 5.95. The van der Waals surface area contributed by atoms with Gasteiger partial charge in [0.2, 0.25) is 0 Å². The molecule has 1 heteroatoms. The zero-order valence-electron chi connectivity index (χ0n) is 9.92. The molecule has 0 spiro atoms. The lowest BCUT2D eigenvalue weighted by atomic mass is 9.63. The van der Waals surface area contributed by atoms with Crippen molar-refractivity contribution in [2.75, 3.05) is 6.54 Å². The van der Waals surface area contributed by atoms with Gasteiger partial charge in [0.05, 0.1) is 0 Å². The van der Waals surface area contributed by atoms with Crippen LogP contribution >= 0.6 is 0 Å². The maximum atomic E-state index is 3.71. The molecule has 0 aromatic rings. The Kier molecular flexibility index (Phi) is 3.16. The molecule has 1 nitrogen and oxygen atoms in total. The standard InChI is InChI=1S/C13H25N/c1-4-14-13-10(3)7-11-5-9(2)6-12(13)8-11/h9-14H,4-8H2,1-3H3. The first-order valence-electron chi connectivity index (χ1n) is 6.44. The first kappa shape index (κ1) is 10.5. The van der Waals surface area contributed by atoms with Gasteiger partial charge >= 0.3 is 0 Å². The number of fused-ring (bicyclic) bond motifs is 2. The lowest BCUT2D eigenvalue weighted by Gasteiger charge is -2.46. The van der Waals surface area contributed by atoms with E-state index in [2.05, 4.69) is 26.1 Å². The van der Waals surface area contributed by atoms with E-state index in [1.54, 1.807) is 0 Å².